The van der Waals surface area contributed by atoms with Gasteiger partial charge in [0.1, 0.15) is 28.2 Å². The number of rotatable bonds is 7. The third-order valence-electron chi connectivity index (χ3n) is 5.68. The molecule has 0 aliphatic carbocycles. The number of benzene rings is 2. The van der Waals surface area contributed by atoms with Crippen LogP contribution in [-0.4, -0.2) is 48.6 Å². The largest absolute Gasteiger partial charge is 0.507 e. The van der Waals surface area contributed by atoms with Gasteiger partial charge in [0, 0.05) is 11.1 Å². The van der Waals surface area contributed by atoms with E-state index in [2.05, 4.69) is 4.98 Å². The number of esters is 1. The lowest BCUT2D eigenvalue weighted by Crippen LogP contribution is -2.29. The third kappa shape index (κ3) is 4.31. The molecule has 10 heteroatoms. The van der Waals surface area contributed by atoms with Crippen LogP contribution in [0.2, 0.25) is 0 Å². The van der Waals surface area contributed by atoms with E-state index in [4.69, 9.17) is 14.2 Å². The molecule has 2 heterocycles. The minimum atomic E-state index is -1.05. The normalized spacial score (nSPS) is 16.8. The second kappa shape index (κ2) is 10.2. The van der Waals surface area contributed by atoms with Gasteiger partial charge in [-0.2, -0.15) is 0 Å². The van der Waals surface area contributed by atoms with E-state index in [1.807, 2.05) is 6.92 Å². The number of aryl methyl sites for hydroxylation is 1. The second-order valence-corrected chi connectivity index (χ2v) is 8.75. The number of carbonyl (C=O) groups excluding carboxylic acids is 3. The Balaban J connectivity index is 1.93. The fourth-order valence-electron chi connectivity index (χ4n) is 4.01. The summed E-state index contributed by atoms with van der Waals surface area (Å²) in [6.45, 7) is 3.94. The number of aromatic nitrogens is 1. The lowest BCUT2D eigenvalue weighted by atomic mass is 9.94. The van der Waals surface area contributed by atoms with Crippen LogP contribution in [0.5, 0.6) is 11.5 Å². The van der Waals surface area contributed by atoms with E-state index in [-0.39, 0.29) is 21.3 Å². The van der Waals surface area contributed by atoms with Gasteiger partial charge in [-0.25, -0.2) is 9.78 Å². The molecule has 1 aromatic heterocycles. The highest BCUT2D eigenvalue weighted by Crippen LogP contribution is 2.46. The summed E-state index contributed by atoms with van der Waals surface area (Å²) >= 11 is 0.930. The first kappa shape index (κ1) is 24.9. The molecule has 186 valence electrons. The minimum Gasteiger partial charge on any atom is -0.507 e. The molecule has 4 rings (SSSR count). The maximum Gasteiger partial charge on any atom is 0.350 e. The smallest absolute Gasteiger partial charge is 0.350 e. The molecule has 9 nitrogen and oxygen atoms in total. The van der Waals surface area contributed by atoms with Crippen molar-refractivity contribution in [3.05, 3.63) is 75.8 Å². The van der Waals surface area contributed by atoms with Gasteiger partial charge >= 0.3 is 11.9 Å². The molecule has 0 bridgehead atoms. The number of carbonyl (C=O) groups is 3. The van der Waals surface area contributed by atoms with Gasteiger partial charge in [0.05, 0.1) is 32.1 Å². The van der Waals surface area contributed by atoms with Crippen molar-refractivity contribution < 1.29 is 33.7 Å². The molecule has 0 spiro atoms. The van der Waals surface area contributed by atoms with Gasteiger partial charge in [0.15, 0.2) is 5.13 Å². The molecule has 0 saturated carbocycles. The Kier molecular flexibility index (Phi) is 7.07. The summed E-state index contributed by atoms with van der Waals surface area (Å²) in [6, 6.07) is 12.4. The van der Waals surface area contributed by atoms with E-state index in [0.29, 0.717) is 34.9 Å². The molecule has 1 saturated heterocycles. The van der Waals surface area contributed by atoms with Crippen LogP contribution in [0.4, 0.5) is 5.13 Å². The number of Topliss-reactive ketones (excluding diaryl/α,β-unsaturated/α-hetero) is 1. The predicted octanol–water partition coefficient (Wildman–Crippen LogP) is 4.27. The van der Waals surface area contributed by atoms with Crippen molar-refractivity contribution in [1.29, 1.82) is 0 Å². The number of ether oxygens (including phenoxy) is 3. The fourth-order valence-corrected chi connectivity index (χ4v) is 5.03. The van der Waals surface area contributed by atoms with E-state index in [9.17, 15) is 19.5 Å². The maximum atomic E-state index is 13.4. The van der Waals surface area contributed by atoms with Crippen molar-refractivity contribution in [3.63, 3.8) is 0 Å². The van der Waals surface area contributed by atoms with Crippen molar-refractivity contribution in [2.75, 3.05) is 25.7 Å². The Labute approximate surface area is 211 Å². The van der Waals surface area contributed by atoms with Crippen LogP contribution in [0.1, 0.15) is 39.5 Å². The molecule has 0 radical (unpaired) electrons. The van der Waals surface area contributed by atoms with Gasteiger partial charge in [0.25, 0.3) is 5.78 Å². The summed E-state index contributed by atoms with van der Waals surface area (Å²) in [7, 11) is 2.72. The molecule has 1 aliphatic rings. The molecule has 1 atom stereocenters. The number of hydrogen-bond acceptors (Lipinski definition) is 9. The Hall–Kier alpha value is -4.18. The molecule has 1 fully saturated rings. The SMILES string of the molecule is CCOc1ccc(C(O)=C2C(=O)C(=O)N(c3nc(C)c(C(=O)OC)s3)C2c2ccccc2OC)cc1. The number of amides is 1. The number of hydrogen-bond donors (Lipinski definition) is 1. The summed E-state index contributed by atoms with van der Waals surface area (Å²) in [5.41, 5.74) is 1.04. The molecule has 36 heavy (non-hydrogen) atoms. The number of ketones is 1. The summed E-state index contributed by atoms with van der Waals surface area (Å²) in [6.07, 6.45) is 0. The number of anilines is 1. The molecule has 1 N–H and O–H groups in total. The van der Waals surface area contributed by atoms with Gasteiger partial charge in [-0.3, -0.25) is 14.5 Å². The Morgan fingerprint density at radius 3 is 2.44 bits per heavy atom. The van der Waals surface area contributed by atoms with Crippen LogP contribution in [0.15, 0.2) is 54.1 Å². The van der Waals surface area contributed by atoms with E-state index in [1.54, 1.807) is 55.5 Å². The van der Waals surface area contributed by atoms with Crippen molar-refractivity contribution in [3.8, 4) is 11.5 Å². The van der Waals surface area contributed by atoms with Crippen LogP contribution >= 0.6 is 11.3 Å². The average molecular weight is 509 g/mol. The lowest BCUT2D eigenvalue weighted by Gasteiger charge is -2.24. The fraction of sp³-hybridized carbons (Fsp3) is 0.231. The van der Waals surface area contributed by atoms with Crippen LogP contribution < -0.4 is 14.4 Å². The number of para-hydroxylation sites is 1. The van der Waals surface area contributed by atoms with Crippen LogP contribution in [0.25, 0.3) is 5.76 Å². The lowest BCUT2D eigenvalue weighted by molar-refractivity contribution is -0.132. The number of thiazole rings is 1. The molecule has 2 aromatic carbocycles. The zero-order valence-corrected chi connectivity index (χ0v) is 20.9. The quantitative estimate of drug-likeness (QED) is 0.218. The highest BCUT2D eigenvalue weighted by Gasteiger charge is 2.49. The topological polar surface area (TPSA) is 115 Å². The minimum absolute atomic E-state index is 0.122. The number of aliphatic hydroxyl groups excluding tert-OH is 1. The van der Waals surface area contributed by atoms with Crippen LogP contribution in [0, 0.1) is 6.92 Å². The van der Waals surface area contributed by atoms with Gasteiger partial charge in [-0.15, -0.1) is 0 Å². The highest BCUT2D eigenvalue weighted by atomic mass is 32.1. The predicted molar refractivity (Wildman–Crippen MR) is 134 cm³/mol. The zero-order valence-electron chi connectivity index (χ0n) is 20.1. The molecule has 1 amide bonds. The summed E-state index contributed by atoms with van der Waals surface area (Å²) in [5, 5.41) is 11.4. The van der Waals surface area contributed by atoms with Crippen molar-refractivity contribution in [2.24, 2.45) is 0 Å². The van der Waals surface area contributed by atoms with Gasteiger partial charge in [0.2, 0.25) is 0 Å². The van der Waals surface area contributed by atoms with Crippen LogP contribution in [0.3, 0.4) is 0 Å². The second-order valence-electron chi connectivity index (χ2n) is 7.77. The monoisotopic (exact) mass is 508 g/mol. The van der Waals surface area contributed by atoms with Gasteiger partial charge in [-0.05, 0) is 44.2 Å². The highest BCUT2D eigenvalue weighted by molar-refractivity contribution is 7.17. The molecule has 3 aromatic rings. The molecular weight excluding hydrogens is 484 g/mol. The number of aliphatic hydroxyl groups is 1. The first-order valence-corrected chi connectivity index (χ1v) is 11.9. The standard InChI is InChI=1S/C26H24N2O7S/c1-5-35-16-12-10-15(11-13-16)21(29)19-20(17-8-6-7-9-18(17)33-3)28(24(31)22(19)30)26-27-14(2)23(36-26)25(32)34-4/h6-13,20,29H,5H2,1-4H3. The van der Waals surface area contributed by atoms with Crippen molar-refractivity contribution in [2.45, 2.75) is 19.9 Å². The van der Waals surface area contributed by atoms with E-state index < -0.39 is 23.7 Å². The van der Waals surface area contributed by atoms with Gasteiger partial charge in [-0.1, -0.05) is 29.5 Å². The molecular formula is C26H24N2O7S. The first-order chi connectivity index (χ1) is 17.3. The van der Waals surface area contributed by atoms with Gasteiger partial charge < -0.3 is 19.3 Å². The van der Waals surface area contributed by atoms with E-state index >= 15 is 0 Å². The number of methoxy groups -OCH3 is 2. The van der Waals surface area contributed by atoms with Crippen LogP contribution in [-0.2, 0) is 14.3 Å². The molecule has 1 unspecified atom stereocenters. The Morgan fingerprint density at radius 2 is 1.81 bits per heavy atom. The van der Waals surface area contributed by atoms with E-state index in [1.165, 1.54) is 19.1 Å². The first-order valence-electron chi connectivity index (χ1n) is 11.0. The molecule has 1 aliphatic heterocycles. The van der Waals surface area contributed by atoms with Crippen molar-refractivity contribution >= 4 is 39.9 Å². The van der Waals surface area contributed by atoms with Crippen molar-refractivity contribution in [1.82, 2.24) is 4.98 Å². The zero-order chi connectivity index (χ0) is 26.0. The number of nitrogens with zero attached hydrogens (tertiary/aromatic N) is 2. The third-order valence-corrected chi connectivity index (χ3v) is 6.82. The average Bonchev–Trinajstić information content (AvgIpc) is 3.40. The summed E-state index contributed by atoms with van der Waals surface area (Å²) < 4.78 is 15.8. The van der Waals surface area contributed by atoms with E-state index in [0.717, 1.165) is 11.3 Å². The summed E-state index contributed by atoms with van der Waals surface area (Å²) in [4.78, 5) is 44.7. The Bertz CT molecular complexity index is 1360. The summed E-state index contributed by atoms with van der Waals surface area (Å²) in [5.74, 6) is -1.71. The maximum absolute atomic E-state index is 13.4. The Morgan fingerprint density at radius 1 is 1.11 bits per heavy atom.